The van der Waals surface area contributed by atoms with Gasteiger partial charge in [-0.1, -0.05) is 22.0 Å². The molecular formula is C13H21BrIN3O. The Hall–Kier alpha value is -0.500. The molecule has 0 heterocycles. The topological polar surface area (TPSA) is 28.1 Å². The van der Waals surface area contributed by atoms with Crippen molar-refractivity contribution in [2.75, 3.05) is 41.3 Å². The van der Waals surface area contributed by atoms with Gasteiger partial charge in [-0.3, -0.25) is 0 Å². The normalized spacial score (nSPS) is 9.32. The summed E-state index contributed by atoms with van der Waals surface area (Å²) in [5.41, 5.74) is 0. The van der Waals surface area contributed by atoms with Crippen LogP contribution >= 0.6 is 39.9 Å². The molecule has 0 atom stereocenters. The summed E-state index contributed by atoms with van der Waals surface area (Å²) >= 11 is 3.41. The van der Waals surface area contributed by atoms with Crippen molar-refractivity contribution in [2.24, 2.45) is 4.99 Å². The van der Waals surface area contributed by atoms with Crippen LogP contribution in [0.15, 0.2) is 33.7 Å². The molecule has 0 amide bonds. The monoisotopic (exact) mass is 441 g/mol. The van der Waals surface area contributed by atoms with Crippen molar-refractivity contribution in [3.05, 3.63) is 28.7 Å². The van der Waals surface area contributed by atoms with Crippen molar-refractivity contribution in [3.8, 4) is 5.75 Å². The highest BCUT2D eigenvalue weighted by Crippen LogP contribution is 2.17. The summed E-state index contributed by atoms with van der Waals surface area (Å²) in [7, 11) is 7.92. The Kier molecular flexibility index (Phi) is 9.16. The fourth-order valence-corrected chi connectivity index (χ4v) is 1.93. The van der Waals surface area contributed by atoms with Crippen LogP contribution in [0.4, 0.5) is 0 Å². The largest absolute Gasteiger partial charge is 0.492 e. The van der Waals surface area contributed by atoms with Crippen LogP contribution in [0.1, 0.15) is 0 Å². The highest BCUT2D eigenvalue weighted by Gasteiger charge is 2.03. The van der Waals surface area contributed by atoms with E-state index in [0.717, 1.165) is 16.2 Å². The molecule has 0 unspecified atom stereocenters. The minimum Gasteiger partial charge on any atom is -0.492 e. The second-order valence-corrected chi connectivity index (χ2v) is 5.19. The van der Waals surface area contributed by atoms with Crippen molar-refractivity contribution < 1.29 is 4.74 Å². The Labute approximate surface area is 141 Å². The van der Waals surface area contributed by atoms with Gasteiger partial charge in [0, 0.05) is 32.7 Å². The first kappa shape index (κ1) is 18.5. The van der Waals surface area contributed by atoms with Crippen LogP contribution in [0, 0.1) is 0 Å². The number of aliphatic imine (C=N–C) groups is 1. The molecule has 1 aromatic rings. The first-order valence-corrected chi connectivity index (χ1v) is 6.57. The smallest absolute Gasteiger partial charge is 0.195 e. The van der Waals surface area contributed by atoms with E-state index in [-0.39, 0.29) is 24.0 Å². The number of nitrogens with zero attached hydrogens (tertiary/aromatic N) is 3. The Bertz CT molecular complexity index is 401. The van der Waals surface area contributed by atoms with Gasteiger partial charge in [0.15, 0.2) is 5.96 Å². The SMILES string of the molecule is CN(C)C(=NCCOc1cccc(Br)c1)N(C)C.I. The van der Waals surface area contributed by atoms with E-state index in [0.29, 0.717) is 13.2 Å². The van der Waals surface area contributed by atoms with Gasteiger partial charge in [0.25, 0.3) is 0 Å². The average Bonchev–Trinajstić information content (AvgIpc) is 2.27. The summed E-state index contributed by atoms with van der Waals surface area (Å²) in [5, 5.41) is 0. The third kappa shape index (κ3) is 7.00. The second kappa shape index (κ2) is 9.41. The molecule has 4 nitrogen and oxygen atoms in total. The van der Waals surface area contributed by atoms with Crippen molar-refractivity contribution in [2.45, 2.75) is 0 Å². The lowest BCUT2D eigenvalue weighted by Crippen LogP contribution is -2.35. The number of rotatable bonds is 4. The molecule has 0 bridgehead atoms. The Morgan fingerprint density at radius 2 is 1.84 bits per heavy atom. The van der Waals surface area contributed by atoms with E-state index < -0.39 is 0 Å². The molecule has 19 heavy (non-hydrogen) atoms. The predicted molar refractivity (Wildman–Crippen MR) is 94.7 cm³/mol. The Morgan fingerprint density at radius 3 is 2.37 bits per heavy atom. The maximum atomic E-state index is 5.62. The zero-order chi connectivity index (χ0) is 13.5. The quantitative estimate of drug-likeness (QED) is 0.311. The fourth-order valence-electron chi connectivity index (χ4n) is 1.55. The van der Waals surface area contributed by atoms with E-state index in [4.69, 9.17) is 4.74 Å². The van der Waals surface area contributed by atoms with E-state index in [1.807, 2.05) is 62.3 Å². The van der Waals surface area contributed by atoms with Gasteiger partial charge in [0.1, 0.15) is 12.4 Å². The van der Waals surface area contributed by atoms with Crippen molar-refractivity contribution in [1.82, 2.24) is 9.80 Å². The van der Waals surface area contributed by atoms with Gasteiger partial charge in [-0.25, -0.2) is 4.99 Å². The van der Waals surface area contributed by atoms with Crippen molar-refractivity contribution >= 4 is 45.9 Å². The third-order valence-electron chi connectivity index (χ3n) is 2.21. The molecule has 0 aliphatic carbocycles. The van der Waals surface area contributed by atoms with Gasteiger partial charge in [-0.2, -0.15) is 0 Å². The number of hydrogen-bond donors (Lipinski definition) is 0. The molecule has 0 aliphatic heterocycles. The number of benzene rings is 1. The van der Waals surface area contributed by atoms with Gasteiger partial charge >= 0.3 is 0 Å². The molecule has 6 heteroatoms. The summed E-state index contributed by atoms with van der Waals surface area (Å²) < 4.78 is 6.64. The molecule has 0 fully saturated rings. The van der Waals surface area contributed by atoms with Gasteiger partial charge in [-0.15, -0.1) is 24.0 Å². The summed E-state index contributed by atoms with van der Waals surface area (Å²) in [4.78, 5) is 8.46. The lowest BCUT2D eigenvalue weighted by molar-refractivity contribution is 0.326. The number of guanidine groups is 1. The summed E-state index contributed by atoms with van der Waals surface area (Å²) in [6.45, 7) is 1.21. The second-order valence-electron chi connectivity index (χ2n) is 4.28. The number of hydrogen-bond acceptors (Lipinski definition) is 2. The Morgan fingerprint density at radius 1 is 1.21 bits per heavy atom. The molecule has 0 N–H and O–H groups in total. The highest BCUT2D eigenvalue weighted by molar-refractivity contribution is 14.0. The number of halogens is 2. The molecule has 0 aromatic heterocycles. The van der Waals surface area contributed by atoms with Crippen molar-refractivity contribution in [3.63, 3.8) is 0 Å². The molecule has 0 saturated heterocycles. The highest BCUT2D eigenvalue weighted by atomic mass is 127. The van der Waals surface area contributed by atoms with Crippen LogP contribution in [0.5, 0.6) is 5.75 Å². The minimum absolute atomic E-state index is 0. The molecule has 0 aliphatic rings. The standard InChI is InChI=1S/C13H20BrN3O.HI/c1-16(2)13(17(3)4)15-8-9-18-12-7-5-6-11(14)10-12;/h5-7,10H,8-9H2,1-4H3;1H. The van der Waals surface area contributed by atoms with E-state index in [9.17, 15) is 0 Å². The zero-order valence-electron chi connectivity index (χ0n) is 11.8. The minimum atomic E-state index is 0. The average molecular weight is 442 g/mol. The zero-order valence-corrected chi connectivity index (χ0v) is 15.7. The van der Waals surface area contributed by atoms with Gasteiger partial charge in [0.2, 0.25) is 0 Å². The van der Waals surface area contributed by atoms with Crippen LogP contribution in [-0.4, -0.2) is 57.1 Å². The van der Waals surface area contributed by atoms with Gasteiger partial charge in [-0.05, 0) is 18.2 Å². The van der Waals surface area contributed by atoms with Crippen LogP contribution in [0.3, 0.4) is 0 Å². The molecule has 0 saturated carbocycles. The molecular weight excluding hydrogens is 421 g/mol. The third-order valence-corrected chi connectivity index (χ3v) is 2.70. The molecule has 1 rings (SSSR count). The van der Waals surface area contributed by atoms with Crippen LogP contribution in [-0.2, 0) is 0 Å². The lowest BCUT2D eigenvalue weighted by atomic mass is 10.3. The number of ether oxygens (including phenoxy) is 1. The molecule has 0 spiro atoms. The van der Waals surface area contributed by atoms with E-state index in [1.54, 1.807) is 0 Å². The van der Waals surface area contributed by atoms with Crippen LogP contribution in [0.25, 0.3) is 0 Å². The Balaban J connectivity index is 0.00000324. The molecule has 0 radical (unpaired) electrons. The van der Waals surface area contributed by atoms with E-state index >= 15 is 0 Å². The van der Waals surface area contributed by atoms with Gasteiger partial charge in [0.05, 0.1) is 6.54 Å². The first-order valence-electron chi connectivity index (χ1n) is 5.78. The van der Waals surface area contributed by atoms with Crippen LogP contribution < -0.4 is 4.74 Å². The lowest BCUT2D eigenvalue weighted by Gasteiger charge is -2.22. The van der Waals surface area contributed by atoms with Gasteiger partial charge < -0.3 is 14.5 Å². The van der Waals surface area contributed by atoms with E-state index in [1.165, 1.54) is 0 Å². The van der Waals surface area contributed by atoms with E-state index in [2.05, 4.69) is 20.9 Å². The summed E-state index contributed by atoms with van der Waals surface area (Å²) in [6, 6.07) is 7.81. The fraction of sp³-hybridized carbons (Fsp3) is 0.462. The summed E-state index contributed by atoms with van der Waals surface area (Å²) in [5.74, 6) is 1.80. The van der Waals surface area contributed by atoms with Crippen LogP contribution in [0.2, 0.25) is 0 Å². The first-order chi connectivity index (χ1) is 8.50. The van der Waals surface area contributed by atoms with Crippen molar-refractivity contribution in [1.29, 1.82) is 0 Å². The summed E-state index contributed by atoms with van der Waals surface area (Å²) in [6.07, 6.45) is 0. The predicted octanol–water partition coefficient (Wildman–Crippen LogP) is 2.93. The maximum absolute atomic E-state index is 5.62. The molecule has 1 aromatic carbocycles. The maximum Gasteiger partial charge on any atom is 0.195 e. The molecule has 108 valence electrons.